The Morgan fingerprint density at radius 2 is 2.21 bits per heavy atom. The van der Waals surface area contributed by atoms with Crippen LogP contribution < -0.4 is 0 Å². The molecule has 0 bridgehead atoms. The minimum atomic E-state index is -1.000. The maximum absolute atomic E-state index is 11.6. The van der Waals surface area contributed by atoms with Crippen molar-refractivity contribution in [2.24, 2.45) is 0 Å². The second-order valence-electron chi connectivity index (χ2n) is 6.64. The number of hydrogen-bond acceptors (Lipinski definition) is 5. The van der Waals surface area contributed by atoms with E-state index in [2.05, 4.69) is 41.3 Å². The number of furan rings is 1. The van der Waals surface area contributed by atoms with Crippen LogP contribution in [-0.2, 0) is 16.6 Å². The molecule has 0 fully saturated rings. The van der Waals surface area contributed by atoms with Crippen LogP contribution in [0.15, 0.2) is 35.1 Å². The average molecular weight is 329 g/mol. The molecule has 3 heterocycles. The van der Waals surface area contributed by atoms with Gasteiger partial charge < -0.3 is 9.52 Å². The second kappa shape index (κ2) is 5.95. The molecule has 0 saturated heterocycles. The second-order valence-corrected chi connectivity index (χ2v) is 6.64. The molecule has 0 amide bonds. The molecule has 0 aromatic carbocycles. The van der Waals surface area contributed by atoms with E-state index in [0.29, 0.717) is 17.1 Å². The molecule has 0 radical (unpaired) electrons. The number of nitrogens with zero attached hydrogens (tertiary/aromatic N) is 4. The molecule has 8 heteroatoms. The molecule has 3 rings (SSSR count). The summed E-state index contributed by atoms with van der Waals surface area (Å²) in [4.78, 5) is 11.6. The first-order valence-electron chi connectivity index (χ1n) is 7.58. The Morgan fingerprint density at radius 1 is 1.42 bits per heavy atom. The highest BCUT2D eigenvalue weighted by atomic mass is 16.4. The largest absolute Gasteiger partial charge is 0.480 e. The fourth-order valence-corrected chi connectivity index (χ4v) is 2.30. The van der Waals surface area contributed by atoms with Crippen LogP contribution in [0.2, 0.25) is 0 Å². The predicted octanol–water partition coefficient (Wildman–Crippen LogP) is 2.43. The Kier molecular flexibility index (Phi) is 3.96. The van der Waals surface area contributed by atoms with Gasteiger partial charge in [-0.2, -0.15) is 5.10 Å². The lowest BCUT2D eigenvalue weighted by Crippen LogP contribution is -2.21. The summed E-state index contributed by atoms with van der Waals surface area (Å²) < 4.78 is 6.55. The van der Waals surface area contributed by atoms with E-state index in [1.165, 1.54) is 10.9 Å². The van der Waals surface area contributed by atoms with Gasteiger partial charge in [-0.25, -0.2) is 9.48 Å². The molecule has 3 aromatic rings. The smallest absolute Gasteiger partial charge is 0.329 e. The summed E-state index contributed by atoms with van der Waals surface area (Å²) in [5, 5.41) is 24.7. The lowest BCUT2D eigenvalue weighted by atomic mass is 9.92. The molecule has 8 nitrogen and oxygen atoms in total. The third kappa shape index (κ3) is 3.22. The highest BCUT2D eigenvalue weighted by Gasteiger charge is 2.24. The third-order valence-electron chi connectivity index (χ3n) is 3.74. The van der Waals surface area contributed by atoms with Gasteiger partial charge in [0.1, 0.15) is 17.1 Å². The average Bonchev–Trinajstić information content (AvgIpc) is 3.23. The van der Waals surface area contributed by atoms with Crippen LogP contribution in [0.1, 0.15) is 38.3 Å². The van der Waals surface area contributed by atoms with E-state index < -0.39 is 12.0 Å². The van der Waals surface area contributed by atoms with Crippen molar-refractivity contribution in [1.29, 1.82) is 0 Å². The molecule has 126 valence electrons. The first-order chi connectivity index (χ1) is 11.3. The normalized spacial score (nSPS) is 13.1. The maximum Gasteiger partial charge on any atom is 0.329 e. The van der Waals surface area contributed by atoms with Crippen LogP contribution in [0.25, 0.3) is 11.4 Å². The van der Waals surface area contributed by atoms with Crippen LogP contribution in [0.3, 0.4) is 0 Å². The molecule has 1 atom stereocenters. The van der Waals surface area contributed by atoms with Crippen LogP contribution in [-0.4, -0.2) is 36.3 Å². The van der Waals surface area contributed by atoms with Crippen LogP contribution in [0, 0.1) is 0 Å². The fourth-order valence-electron chi connectivity index (χ4n) is 2.30. The number of aliphatic carboxylic acids is 1. The van der Waals surface area contributed by atoms with Gasteiger partial charge >= 0.3 is 5.97 Å². The minimum absolute atomic E-state index is 0.0653. The van der Waals surface area contributed by atoms with Crippen molar-refractivity contribution in [3.8, 4) is 11.4 Å². The summed E-state index contributed by atoms with van der Waals surface area (Å²) in [6.45, 7) is 6.22. The van der Waals surface area contributed by atoms with Crippen molar-refractivity contribution < 1.29 is 14.3 Å². The third-order valence-corrected chi connectivity index (χ3v) is 3.74. The summed E-state index contributed by atoms with van der Waals surface area (Å²) in [5.74, 6) is -0.422. The molecular formula is C16H19N5O3. The van der Waals surface area contributed by atoms with Gasteiger partial charge in [-0.15, -0.1) is 5.10 Å². The molecule has 0 spiro atoms. The van der Waals surface area contributed by atoms with Gasteiger partial charge in [-0.3, -0.25) is 5.10 Å². The van der Waals surface area contributed by atoms with Crippen molar-refractivity contribution >= 4 is 5.97 Å². The van der Waals surface area contributed by atoms with Crippen molar-refractivity contribution in [3.05, 3.63) is 42.1 Å². The number of H-pyrrole nitrogens is 1. The van der Waals surface area contributed by atoms with Gasteiger partial charge in [0.05, 0.1) is 12.5 Å². The Labute approximate surface area is 138 Å². The van der Waals surface area contributed by atoms with E-state index in [0.717, 1.165) is 5.69 Å². The fraction of sp³-hybridized carbons (Fsp3) is 0.375. The lowest BCUT2D eigenvalue weighted by Gasteiger charge is -2.14. The van der Waals surface area contributed by atoms with E-state index in [4.69, 9.17) is 4.42 Å². The van der Waals surface area contributed by atoms with Gasteiger partial charge in [-0.05, 0) is 18.2 Å². The quantitative estimate of drug-likeness (QED) is 0.744. The number of aromatic nitrogens is 5. The highest BCUT2D eigenvalue weighted by Crippen LogP contribution is 2.24. The number of carbonyl (C=O) groups is 1. The monoisotopic (exact) mass is 329 g/mol. The number of aromatic amines is 1. The first kappa shape index (κ1) is 16.0. The SMILES string of the molecule is CC(C)(C)c1cc(-c2cn([C@H](Cc3ccco3)C(=O)O)nn2)n[nH]1. The van der Waals surface area contributed by atoms with Gasteiger partial charge in [0.25, 0.3) is 0 Å². The number of carboxylic acid groups (broad SMARTS) is 1. The summed E-state index contributed by atoms with van der Waals surface area (Å²) in [7, 11) is 0. The number of nitrogens with one attached hydrogen (secondary N) is 1. The molecule has 0 unspecified atom stereocenters. The van der Waals surface area contributed by atoms with E-state index in [9.17, 15) is 9.90 Å². The molecule has 3 aromatic heterocycles. The summed E-state index contributed by atoms with van der Waals surface area (Å²) in [5.41, 5.74) is 2.06. The summed E-state index contributed by atoms with van der Waals surface area (Å²) >= 11 is 0. The molecular weight excluding hydrogens is 310 g/mol. The minimum Gasteiger partial charge on any atom is -0.480 e. The lowest BCUT2D eigenvalue weighted by molar-refractivity contribution is -0.141. The van der Waals surface area contributed by atoms with Crippen LogP contribution in [0.5, 0.6) is 0 Å². The Hall–Kier alpha value is -2.90. The molecule has 0 aliphatic heterocycles. The number of carboxylic acids is 1. The van der Waals surface area contributed by atoms with Crippen molar-refractivity contribution in [1.82, 2.24) is 25.2 Å². The summed E-state index contributed by atoms with van der Waals surface area (Å²) in [6, 6.07) is 4.46. The van der Waals surface area contributed by atoms with Crippen LogP contribution in [0.4, 0.5) is 0 Å². The van der Waals surface area contributed by atoms with Crippen molar-refractivity contribution in [2.45, 2.75) is 38.6 Å². The molecule has 0 aliphatic rings. The van der Waals surface area contributed by atoms with Crippen LogP contribution >= 0.6 is 0 Å². The Balaban J connectivity index is 1.85. The molecule has 0 aliphatic carbocycles. The van der Waals surface area contributed by atoms with Crippen molar-refractivity contribution in [3.63, 3.8) is 0 Å². The zero-order valence-electron chi connectivity index (χ0n) is 13.7. The zero-order chi connectivity index (χ0) is 17.3. The first-order valence-corrected chi connectivity index (χ1v) is 7.58. The summed E-state index contributed by atoms with van der Waals surface area (Å²) in [6.07, 6.45) is 3.29. The maximum atomic E-state index is 11.6. The molecule has 24 heavy (non-hydrogen) atoms. The Bertz CT molecular complexity index is 826. The molecule has 0 saturated carbocycles. The van der Waals surface area contributed by atoms with Crippen molar-refractivity contribution in [2.75, 3.05) is 0 Å². The molecule has 2 N–H and O–H groups in total. The topological polar surface area (TPSA) is 110 Å². The van der Waals surface area contributed by atoms with Gasteiger partial charge in [0, 0.05) is 17.5 Å². The van der Waals surface area contributed by atoms with E-state index in [1.807, 2.05) is 6.07 Å². The number of hydrogen-bond donors (Lipinski definition) is 2. The van der Waals surface area contributed by atoms with E-state index >= 15 is 0 Å². The van der Waals surface area contributed by atoms with E-state index in [-0.39, 0.29) is 11.8 Å². The van der Waals surface area contributed by atoms with E-state index in [1.54, 1.807) is 18.3 Å². The zero-order valence-corrected chi connectivity index (χ0v) is 13.7. The van der Waals surface area contributed by atoms with Gasteiger partial charge in [0.15, 0.2) is 6.04 Å². The standard InChI is InChI=1S/C16H19N5O3/c1-16(2,3)14-8-11(17-19-14)12-9-21(20-18-12)13(15(22)23)7-10-5-4-6-24-10/h4-6,8-9,13H,7H2,1-3H3,(H,17,19)(H,22,23)/t13-/m1/s1. The highest BCUT2D eigenvalue weighted by molar-refractivity contribution is 5.72. The predicted molar refractivity (Wildman–Crippen MR) is 85.4 cm³/mol. The Morgan fingerprint density at radius 3 is 2.79 bits per heavy atom. The number of rotatable bonds is 5. The van der Waals surface area contributed by atoms with Gasteiger partial charge in [0.2, 0.25) is 0 Å². The van der Waals surface area contributed by atoms with Gasteiger partial charge in [-0.1, -0.05) is 26.0 Å².